The molecule has 2 N–H and O–H groups in total. The zero-order valence-corrected chi connectivity index (χ0v) is 16.2. The van der Waals surface area contributed by atoms with Crippen molar-refractivity contribution in [3.63, 3.8) is 0 Å². The second kappa shape index (κ2) is 8.75. The lowest BCUT2D eigenvalue weighted by Gasteiger charge is -2.13. The number of amides is 2. The van der Waals surface area contributed by atoms with Crippen LogP contribution in [0.2, 0.25) is 0 Å². The van der Waals surface area contributed by atoms with Gasteiger partial charge in [-0.2, -0.15) is 11.3 Å². The van der Waals surface area contributed by atoms with Gasteiger partial charge >= 0.3 is 11.8 Å². The van der Waals surface area contributed by atoms with Crippen LogP contribution in [0, 0.1) is 0 Å². The maximum Gasteiger partial charge on any atom is 0.309 e. The molecule has 27 heavy (non-hydrogen) atoms. The second-order valence-corrected chi connectivity index (χ2v) is 7.84. The van der Waals surface area contributed by atoms with Crippen LogP contribution >= 0.6 is 22.7 Å². The first-order chi connectivity index (χ1) is 13.0. The molecular formula is C20H18N2O3S2. The van der Waals surface area contributed by atoms with E-state index in [1.54, 1.807) is 18.2 Å². The molecule has 3 aromatic rings. The van der Waals surface area contributed by atoms with Gasteiger partial charge in [-0.25, -0.2) is 0 Å². The number of carbonyl (C=O) groups excluding carboxylic acids is 3. The van der Waals surface area contributed by atoms with Crippen molar-refractivity contribution >= 4 is 40.3 Å². The third kappa shape index (κ3) is 4.90. The van der Waals surface area contributed by atoms with E-state index in [4.69, 9.17) is 0 Å². The Labute approximate surface area is 165 Å². The molecule has 0 radical (unpaired) electrons. The van der Waals surface area contributed by atoms with Crippen LogP contribution in [0.25, 0.3) is 0 Å². The highest BCUT2D eigenvalue weighted by molar-refractivity contribution is 7.14. The van der Waals surface area contributed by atoms with Crippen LogP contribution in [-0.4, -0.2) is 17.6 Å². The summed E-state index contributed by atoms with van der Waals surface area (Å²) in [5, 5.41) is 8.93. The minimum absolute atomic E-state index is 0.0340. The van der Waals surface area contributed by atoms with Crippen molar-refractivity contribution < 1.29 is 14.4 Å². The first kappa shape index (κ1) is 19.0. The molecule has 0 unspecified atom stereocenters. The summed E-state index contributed by atoms with van der Waals surface area (Å²) in [5.41, 5.74) is 1.58. The van der Waals surface area contributed by atoms with Crippen molar-refractivity contribution in [2.75, 3.05) is 0 Å². The Balaban J connectivity index is 1.52. The summed E-state index contributed by atoms with van der Waals surface area (Å²) in [6, 6.07) is 14.5. The maximum atomic E-state index is 12.3. The van der Waals surface area contributed by atoms with Crippen LogP contribution in [0.3, 0.4) is 0 Å². The number of hydrogen-bond donors (Lipinski definition) is 2. The molecule has 2 heterocycles. The third-order valence-corrected chi connectivity index (χ3v) is 5.71. The lowest BCUT2D eigenvalue weighted by molar-refractivity contribution is -0.139. The molecule has 7 heteroatoms. The third-order valence-electron chi connectivity index (χ3n) is 3.95. The van der Waals surface area contributed by atoms with E-state index >= 15 is 0 Å². The van der Waals surface area contributed by atoms with Crippen LogP contribution in [-0.2, 0) is 16.1 Å². The van der Waals surface area contributed by atoms with Crippen LogP contribution < -0.4 is 10.6 Å². The Morgan fingerprint density at radius 2 is 1.78 bits per heavy atom. The topological polar surface area (TPSA) is 75.3 Å². The number of rotatable bonds is 6. The SMILES string of the molecule is C[C@H](NC(=O)C(=O)NCc1ccc(C(=O)c2ccsc2)s1)c1ccccc1. The molecule has 0 saturated carbocycles. The van der Waals surface area contributed by atoms with Crippen LogP contribution in [0.15, 0.2) is 59.3 Å². The number of carbonyl (C=O) groups is 3. The molecule has 1 aromatic carbocycles. The Hall–Kier alpha value is -2.77. The largest absolute Gasteiger partial charge is 0.343 e. The Kier molecular flexibility index (Phi) is 6.16. The normalized spacial score (nSPS) is 11.6. The highest BCUT2D eigenvalue weighted by atomic mass is 32.1. The average molecular weight is 399 g/mol. The summed E-state index contributed by atoms with van der Waals surface area (Å²) in [6.07, 6.45) is 0. The first-order valence-electron chi connectivity index (χ1n) is 8.34. The van der Waals surface area contributed by atoms with E-state index in [2.05, 4.69) is 10.6 Å². The number of nitrogens with one attached hydrogen (secondary N) is 2. The van der Waals surface area contributed by atoms with E-state index in [0.717, 1.165) is 10.4 Å². The number of benzene rings is 1. The summed E-state index contributed by atoms with van der Waals surface area (Å²) in [6.45, 7) is 2.02. The van der Waals surface area contributed by atoms with Crippen LogP contribution in [0.5, 0.6) is 0 Å². The smallest absolute Gasteiger partial charge is 0.309 e. The standard InChI is InChI=1S/C20H18N2O3S2/c1-13(14-5-3-2-4-6-14)22-20(25)19(24)21-11-16-7-8-17(27-16)18(23)15-9-10-26-12-15/h2-10,12-13H,11H2,1H3,(H,21,24)(H,22,25)/t13-/m0/s1. The molecule has 0 spiro atoms. The molecule has 0 aliphatic carbocycles. The van der Waals surface area contributed by atoms with E-state index in [9.17, 15) is 14.4 Å². The molecule has 3 rings (SSSR count). The van der Waals surface area contributed by atoms with Crippen molar-refractivity contribution in [2.45, 2.75) is 19.5 Å². The Morgan fingerprint density at radius 3 is 2.48 bits per heavy atom. The van der Waals surface area contributed by atoms with Crippen molar-refractivity contribution in [2.24, 2.45) is 0 Å². The van der Waals surface area contributed by atoms with E-state index < -0.39 is 11.8 Å². The number of hydrogen-bond acceptors (Lipinski definition) is 5. The molecule has 2 amide bonds. The molecule has 0 aliphatic rings. The number of ketones is 1. The Bertz CT molecular complexity index is 933. The molecule has 0 aliphatic heterocycles. The van der Waals surface area contributed by atoms with Gasteiger partial charge in [-0.3, -0.25) is 14.4 Å². The van der Waals surface area contributed by atoms with Crippen molar-refractivity contribution in [1.82, 2.24) is 10.6 Å². The van der Waals surface area contributed by atoms with Crippen LogP contribution in [0.1, 0.15) is 38.6 Å². The predicted molar refractivity (Wildman–Crippen MR) is 107 cm³/mol. The predicted octanol–water partition coefficient (Wildman–Crippen LogP) is 3.53. The summed E-state index contributed by atoms with van der Waals surface area (Å²) in [4.78, 5) is 37.8. The van der Waals surface area contributed by atoms with E-state index in [0.29, 0.717) is 10.4 Å². The molecule has 138 valence electrons. The molecular weight excluding hydrogens is 380 g/mol. The van der Waals surface area contributed by atoms with Crippen molar-refractivity contribution in [3.8, 4) is 0 Å². The molecule has 5 nitrogen and oxygen atoms in total. The van der Waals surface area contributed by atoms with Crippen LogP contribution in [0.4, 0.5) is 0 Å². The molecule has 0 fully saturated rings. The van der Waals surface area contributed by atoms with Gasteiger partial charge in [0.05, 0.1) is 17.5 Å². The zero-order chi connectivity index (χ0) is 19.2. The van der Waals surface area contributed by atoms with Gasteiger partial charge in [0.1, 0.15) is 0 Å². The van der Waals surface area contributed by atoms with Gasteiger partial charge in [0, 0.05) is 15.8 Å². The molecule has 2 aromatic heterocycles. The highest BCUT2D eigenvalue weighted by Gasteiger charge is 2.17. The van der Waals surface area contributed by atoms with Gasteiger partial charge in [0.2, 0.25) is 5.78 Å². The molecule has 0 bridgehead atoms. The molecule has 0 saturated heterocycles. The maximum absolute atomic E-state index is 12.3. The summed E-state index contributed by atoms with van der Waals surface area (Å²) >= 11 is 2.78. The van der Waals surface area contributed by atoms with Gasteiger partial charge in [-0.15, -0.1) is 11.3 Å². The average Bonchev–Trinajstić information content (AvgIpc) is 3.38. The van der Waals surface area contributed by atoms with E-state index in [1.165, 1.54) is 22.7 Å². The minimum atomic E-state index is -0.697. The van der Waals surface area contributed by atoms with Crippen molar-refractivity contribution in [1.29, 1.82) is 0 Å². The summed E-state index contributed by atoms with van der Waals surface area (Å²) < 4.78 is 0. The first-order valence-corrected chi connectivity index (χ1v) is 10.1. The van der Waals surface area contributed by atoms with Gasteiger partial charge in [0.15, 0.2) is 0 Å². The molecule has 1 atom stereocenters. The van der Waals surface area contributed by atoms with E-state index in [1.807, 2.05) is 48.0 Å². The quantitative estimate of drug-likeness (QED) is 0.493. The van der Waals surface area contributed by atoms with Gasteiger partial charge in [0.25, 0.3) is 0 Å². The summed E-state index contributed by atoms with van der Waals surface area (Å²) in [7, 11) is 0. The highest BCUT2D eigenvalue weighted by Crippen LogP contribution is 2.21. The van der Waals surface area contributed by atoms with Gasteiger partial charge < -0.3 is 10.6 Å². The summed E-state index contributed by atoms with van der Waals surface area (Å²) in [5.74, 6) is -1.41. The van der Waals surface area contributed by atoms with Gasteiger partial charge in [-0.1, -0.05) is 30.3 Å². The fraction of sp³-hybridized carbons (Fsp3) is 0.150. The Morgan fingerprint density at radius 1 is 1.00 bits per heavy atom. The van der Waals surface area contributed by atoms with E-state index in [-0.39, 0.29) is 18.4 Å². The lowest BCUT2D eigenvalue weighted by atomic mass is 10.1. The fourth-order valence-corrected chi connectivity index (χ4v) is 4.01. The monoisotopic (exact) mass is 398 g/mol. The zero-order valence-electron chi connectivity index (χ0n) is 14.6. The number of thiophene rings is 2. The fourth-order valence-electron chi connectivity index (χ4n) is 2.47. The van der Waals surface area contributed by atoms with Crippen molar-refractivity contribution in [3.05, 3.63) is 80.2 Å². The van der Waals surface area contributed by atoms with Gasteiger partial charge in [-0.05, 0) is 36.1 Å². The second-order valence-electron chi connectivity index (χ2n) is 5.90. The minimum Gasteiger partial charge on any atom is -0.343 e. The lowest BCUT2D eigenvalue weighted by Crippen LogP contribution is -2.40.